The minimum Gasteiger partial charge on any atom is -0.378 e. The molecule has 0 aromatic rings. The predicted molar refractivity (Wildman–Crippen MR) is 72.9 cm³/mol. The van der Waals surface area contributed by atoms with E-state index in [-0.39, 0.29) is 0 Å². The van der Waals surface area contributed by atoms with Crippen molar-refractivity contribution < 1.29 is 4.74 Å². The lowest BCUT2D eigenvalue weighted by Crippen LogP contribution is -2.37. The Hall–Kier alpha value is -0.120. The van der Waals surface area contributed by atoms with E-state index in [4.69, 9.17) is 10.6 Å². The normalized spacial score (nSPS) is 40.5. The number of fused-ring (bicyclic) bond motifs is 1. The summed E-state index contributed by atoms with van der Waals surface area (Å²) in [5, 5.41) is 0. The van der Waals surface area contributed by atoms with Gasteiger partial charge in [0.25, 0.3) is 0 Å². The summed E-state index contributed by atoms with van der Waals surface area (Å²) in [6.07, 6.45) is 12.6. The minimum atomic E-state index is 0.546. The maximum absolute atomic E-state index is 5.78. The molecule has 0 aromatic carbocycles. The molecule has 4 unspecified atom stereocenters. The fourth-order valence-corrected chi connectivity index (χ4v) is 4.47. The van der Waals surface area contributed by atoms with Crippen molar-refractivity contribution in [3.8, 4) is 0 Å². The maximum atomic E-state index is 5.78. The second-order valence-corrected chi connectivity index (χ2v) is 6.53. The summed E-state index contributed by atoms with van der Waals surface area (Å²) in [6.45, 7) is 0.982. The molecule has 0 spiro atoms. The van der Waals surface area contributed by atoms with Gasteiger partial charge in [0, 0.05) is 12.6 Å². The van der Waals surface area contributed by atoms with Crippen LogP contribution in [0.2, 0.25) is 0 Å². The summed E-state index contributed by atoms with van der Waals surface area (Å²) in [6, 6.07) is 0.569. The van der Waals surface area contributed by atoms with Crippen molar-refractivity contribution in [2.45, 2.75) is 69.9 Å². The third-order valence-electron chi connectivity index (χ3n) is 5.47. The fourth-order valence-electron chi connectivity index (χ4n) is 4.47. The van der Waals surface area contributed by atoms with Crippen LogP contribution in [0.5, 0.6) is 0 Å². The zero-order chi connectivity index (χ0) is 12.4. The molecule has 1 aliphatic heterocycles. The van der Waals surface area contributed by atoms with Crippen LogP contribution in [0.25, 0.3) is 0 Å². The van der Waals surface area contributed by atoms with Crippen LogP contribution in [0.1, 0.15) is 57.8 Å². The van der Waals surface area contributed by atoms with Crippen molar-refractivity contribution in [1.82, 2.24) is 5.43 Å². The van der Waals surface area contributed by atoms with E-state index in [1.807, 2.05) is 0 Å². The number of ether oxygens (including phenoxy) is 1. The summed E-state index contributed by atoms with van der Waals surface area (Å²) in [7, 11) is 0. The molecule has 0 radical (unpaired) electrons. The molecule has 3 rings (SSSR count). The van der Waals surface area contributed by atoms with Crippen molar-refractivity contribution in [2.75, 3.05) is 6.61 Å². The molecule has 4 atom stereocenters. The summed E-state index contributed by atoms with van der Waals surface area (Å²) in [5.41, 5.74) is 3.10. The van der Waals surface area contributed by atoms with Crippen LogP contribution in [0.3, 0.4) is 0 Å². The Kier molecular flexibility index (Phi) is 4.22. The predicted octanol–water partition coefficient (Wildman–Crippen LogP) is 2.60. The summed E-state index contributed by atoms with van der Waals surface area (Å²) in [4.78, 5) is 0. The van der Waals surface area contributed by atoms with Crippen LogP contribution in [0.4, 0.5) is 0 Å². The summed E-state index contributed by atoms with van der Waals surface area (Å²) < 4.78 is 5.69. The summed E-state index contributed by atoms with van der Waals surface area (Å²) >= 11 is 0. The van der Waals surface area contributed by atoms with Gasteiger partial charge in [0.2, 0.25) is 0 Å². The first-order valence-electron chi connectivity index (χ1n) is 7.98. The van der Waals surface area contributed by atoms with Gasteiger partial charge in [-0.25, -0.2) is 0 Å². The average Bonchev–Trinajstić information content (AvgIpc) is 2.88. The van der Waals surface area contributed by atoms with Crippen LogP contribution in [-0.4, -0.2) is 18.8 Å². The van der Waals surface area contributed by atoms with Gasteiger partial charge in [0.15, 0.2) is 0 Å². The molecule has 3 N–H and O–H groups in total. The third kappa shape index (κ3) is 2.73. The molecule has 3 fully saturated rings. The van der Waals surface area contributed by atoms with Gasteiger partial charge < -0.3 is 4.74 Å². The Morgan fingerprint density at radius 3 is 2.50 bits per heavy atom. The molecule has 0 aromatic heterocycles. The molecular formula is C15H28N2O. The van der Waals surface area contributed by atoms with Gasteiger partial charge in [0.1, 0.15) is 0 Å². The molecule has 2 aliphatic carbocycles. The minimum absolute atomic E-state index is 0.546. The smallest absolute Gasteiger partial charge is 0.0576 e. The highest BCUT2D eigenvalue weighted by Crippen LogP contribution is 2.57. The first-order valence-corrected chi connectivity index (χ1v) is 7.98. The van der Waals surface area contributed by atoms with Crippen LogP contribution in [-0.2, 0) is 4.74 Å². The lowest BCUT2D eigenvalue weighted by molar-refractivity contribution is 0.101. The standard InChI is InChI=1S/C15H28N2O/c16-17-14(9-3-5-11-6-4-10-18-11)15-12-7-1-2-8-13(12)15/h11-15,17H,1-10,16H2. The van der Waals surface area contributed by atoms with Crippen molar-refractivity contribution in [3.63, 3.8) is 0 Å². The van der Waals surface area contributed by atoms with Crippen molar-refractivity contribution in [2.24, 2.45) is 23.6 Å². The molecular weight excluding hydrogens is 224 g/mol. The number of nitrogens with one attached hydrogen (secondary N) is 1. The Morgan fingerprint density at radius 2 is 1.89 bits per heavy atom. The highest BCUT2D eigenvalue weighted by atomic mass is 16.5. The molecule has 3 heteroatoms. The molecule has 1 saturated heterocycles. The highest BCUT2D eigenvalue weighted by molar-refractivity contribution is 5.04. The second-order valence-electron chi connectivity index (χ2n) is 6.53. The second kappa shape index (κ2) is 5.89. The SMILES string of the molecule is NNC(CCCC1CCCO1)C1C2CCCCC21. The van der Waals surface area contributed by atoms with E-state index in [2.05, 4.69) is 5.43 Å². The molecule has 1 heterocycles. The molecule has 0 bridgehead atoms. The van der Waals surface area contributed by atoms with E-state index in [0.29, 0.717) is 12.1 Å². The van der Waals surface area contributed by atoms with Gasteiger partial charge in [-0.1, -0.05) is 12.8 Å². The Bertz CT molecular complexity index is 253. The average molecular weight is 252 g/mol. The van der Waals surface area contributed by atoms with E-state index in [0.717, 1.165) is 24.4 Å². The number of hydrogen-bond donors (Lipinski definition) is 2. The van der Waals surface area contributed by atoms with Crippen LogP contribution >= 0.6 is 0 Å². The molecule has 18 heavy (non-hydrogen) atoms. The van der Waals surface area contributed by atoms with Gasteiger partial charge in [-0.15, -0.1) is 0 Å². The van der Waals surface area contributed by atoms with Crippen LogP contribution in [0.15, 0.2) is 0 Å². The lowest BCUT2D eigenvalue weighted by Gasteiger charge is -2.17. The maximum Gasteiger partial charge on any atom is 0.0576 e. The first kappa shape index (κ1) is 12.9. The largest absolute Gasteiger partial charge is 0.378 e. The number of rotatable bonds is 6. The van der Waals surface area contributed by atoms with Gasteiger partial charge in [-0.3, -0.25) is 11.3 Å². The van der Waals surface area contributed by atoms with E-state index in [1.54, 1.807) is 0 Å². The Balaban J connectivity index is 1.39. The van der Waals surface area contributed by atoms with Crippen molar-refractivity contribution >= 4 is 0 Å². The molecule has 104 valence electrons. The number of nitrogens with two attached hydrogens (primary N) is 1. The molecule has 3 aliphatic rings. The van der Waals surface area contributed by atoms with Gasteiger partial charge in [-0.2, -0.15) is 0 Å². The summed E-state index contributed by atoms with van der Waals surface area (Å²) in [5.74, 6) is 8.68. The topological polar surface area (TPSA) is 47.3 Å². The number of hydrazine groups is 1. The van der Waals surface area contributed by atoms with Gasteiger partial charge in [-0.05, 0) is 62.7 Å². The Labute approximate surface area is 111 Å². The lowest BCUT2D eigenvalue weighted by atomic mass is 10.0. The third-order valence-corrected chi connectivity index (χ3v) is 5.47. The van der Waals surface area contributed by atoms with Crippen molar-refractivity contribution in [1.29, 1.82) is 0 Å². The fraction of sp³-hybridized carbons (Fsp3) is 1.00. The van der Waals surface area contributed by atoms with Crippen LogP contribution < -0.4 is 11.3 Å². The highest BCUT2D eigenvalue weighted by Gasteiger charge is 2.53. The molecule has 2 saturated carbocycles. The molecule has 0 amide bonds. The van der Waals surface area contributed by atoms with E-state index in [1.165, 1.54) is 57.8 Å². The zero-order valence-corrected chi connectivity index (χ0v) is 11.4. The van der Waals surface area contributed by atoms with Crippen molar-refractivity contribution in [3.05, 3.63) is 0 Å². The monoisotopic (exact) mass is 252 g/mol. The Morgan fingerprint density at radius 1 is 1.11 bits per heavy atom. The van der Waals surface area contributed by atoms with Gasteiger partial charge in [0.05, 0.1) is 6.10 Å². The van der Waals surface area contributed by atoms with Gasteiger partial charge >= 0.3 is 0 Å². The first-order chi connectivity index (χ1) is 8.90. The van der Waals surface area contributed by atoms with Crippen LogP contribution in [0, 0.1) is 17.8 Å². The zero-order valence-electron chi connectivity index (χ0n) is 11.4. The quantitative estimate of drug-likeness (QED) is 0.564. The van der Waals surface area contributed by atoms with E-state index in [9.17, 15) is 0 Å². The number of hydrogen-bond acceptors (Lipinski definition) is 3. The molecule has 3 nitrogen and oxygen atoms in total. The van der Waals surface area contributed by atoms with E-state index >= 15 is 0 Å². The van der Waals surface area contributed by atoms with E-state index < -0.39 is 0 Å².